The first-order chi connectivity index (χ1) is 5.33. The Hall–Kier alpha value is -0.610. The van der Waals surface area contributed by atoms with Crippen LogP contribution in [0, 0.1) is 0 Å². The van der Waals surface area contributed by atoms with Crippen molar-refractivity contribution in [1.82, 2.24) is 5.48 Å². The van der Waals surface area contributed by atoms with E-state index in [1.54, 1.807) is 5.48 Å². The van der Waals surface area contributed by atoms with Crippen LogP contribution in [0.3, 0.4) is 0 Å². The van der Waals surface area contributed by atoms with Gasteiger partial charge < -0.3 is 4.74 Å². The molecule has 4 nitrogen and oxygen atoms in total. The van der Waals surface area contributed by atoms with Crippen molar-refractivity contribution in [2.75, 3.05) is 6.61 Å². The molecule has 1 unspecified atom stereocenters. The Morgan fingerprint density at radius 1 is 1.73 bits per heavy atom. The molecule has 1 fully saturated rings. The molecule has 1 heterocycles. The Morgan fingerprint density at radius 2 is 2.55 bits per heavy atom. The third kappa shape index (κ3) is 2.86. The summed E-state index contributed by atoms with van der Waals surface area (Å²) in [5.41, 5.74) is 1.59. The molecular formula is C7H13NO3. The van der Waals surface area contributed by atoms with E-state index in [-0.39, 0.29) is 12.0 Å². The van der Waals surface area contributed by atoms with Crippen LogP contribution in [0.5, 0.6) is 0 Å². The predicted molar refractivity (Wildman–Crippen MR) is 38.1 cm³/mol. The van der Waals surface area contributed by atoms with Crippen molar-refractivity contribution in [3.05, 3.63) is 0 Å². The molecule has 0 aromatic rings. The predicted octanol–water partition coefficient (Wildman–Crippen LogP) is 0.451. The second-order valence-corrected chi connectivity index (χ2v) is 2.71. The van der Waals surface area contributed by atoms with E-state index in [9.17, 15) is 4.79 Å². The third-order valence-electron chi connectivity index (χ3n) is 1.84. The van der Waals surface area contributed by atoms with Crippen molar-refractivity contribution in [2.45, 2.75) is 31.8 Å². The monoisotopic (exact) mass is 159 g/mol. The van der Waals surface area contributed by atoms with Gasteiger partial charge in [0.1, 0.15) is 0 Å². The first kappa shape index (κ1) is 8.49. The number of hydroxylamine groups is 1. The van der Waals surface area contributed by atoms with Crippen LogP contribution < -0.4 is 5.48 Å². The minimum absolute atomic E-state index is 0.229. The van der Waals surface area contributed by atoms with Crippen LogP contribution in [0.2, 0.25) is 0 Å². The SMILES string of the molecule is O=C(CCC1CCCO1)NO. The largest absolute Gasteiger partial charge is 0.378 e. The summed E-state index contributed by atoms with van der Waals surface area (Å²) in [6, 6.07) is 0. The van der Waals surface area contributed by atoms with Gasteiger partial charge in [-0.1, -0.05) is 0 Å². The Labute approximate surface area is 65.5 Å². The summed E-state index contributed by atoms with van der Waals surface area (Å²) < 4.78 is 5.29. The van der Waals surface area contributed by atoms with Crippen molar-refractivity contribution < 1.29 is 14.7 Å². The summed E-state index contributed by atoms with van der Waals surface area (Å²) in [5, 5.41) is 8.17. The fraction of sp³-hybridized carbons (Fsp3) is 0.857. The van der Waals surface area contributed by atoms with Gasteiger partial charge in [0.25, 0.3) is 0 Å². The fourth-order valence-corrected chi connectivity index (χ4v) is 1.22. The van der Waals surface area contributed by atoms with Gasteiger partial charge in [-0.3, -0.25) is 10.0 Å². The number of hydrogen-bond acceptors (Lipinski definition) is 3. The van der Waals surface area contributed by atoms with Gasteiger partial charge in [-0.15, -0.1) is 0 Å². The normalized spacial score (nSPS) is 23.5. The van der Waals surface area contributed by atoms with Gasteiger partial charge in [0, 0.05) is 13.0 Å². The summed E-state index contributed by atoms with van der Waals surface area (Å²) in [5.74, 6) is -0.333. The van der Waals surface area contributed by atoms with E-state index in [0.29, 0.717) is 12.8 Å². The molecule has 64 valence electrons. The van der Waals surface area contributed by atoms with E-state index in [1.807, 2.05) is 0 Å². The zero-order valence-corrected chi connectivity index (χ0v) is 6.38. The van der Waals surface area contributed by atoms with Crippen molar-refractivity contribution in [2.24, 2.45) is 0 Å². The van der Waals surface area contributed by atoms with Crippen LogP contribution >= 0.6 is 0 Å². The lowest BCUT2D eigenvalue weighted by Gasteiger charge is -2.06. The van der Waals surface area contributed by atoms with Crippen LogP contribution in [0.4, 0.5) is 0 Å². The smallest absolute Gasteiger partial charge is 0.243 e. The van der Waals surface area contributed by atoms with Gasteiger partial charge in [-0.2, -0.15) is 0 Å². The fourth-order valence-electron chi connectivity index (χ4n) is 1.22. The Balaban J connectivity index is 2.06. The highest BCUT2D eigenvalue weighted by atomic mass is 16.5. The molecule has 11 heavy (non-hydrogen) atoms. The molecule has 0 aromatic carbocycles. The summed E-state index contributed by atoms with van der Waals surface area (Å²) in [6.45, 7) is 0.811. The Morgan fingerprint density at radius 3 is 3.09 bits per heavy atom. The first-order valence-electron chi connectivity index (χ1n) is 3.87. The van der Waals surface area contributed by atoms with Crippen LogP contribution in [0.15, 0.2) is 0 Å². The molecule has 1 saturated heterocycles. The molecule has 0 aromatic heterocycles. The molecule has 0 radical (unpaired) electrons. The summed E-state index contributed by atoms with van der Waals surface area (Å²) in [7, 11) is 0. The van der Waals surface area contributed by atoms with Crippen LogP contribution in [-0.2, 0) is 9.53 Å². The number of amides is 1. The standard InChI is InChI=1S/C7H13NO3/c9-7(8-10)4-3-6-2-1-5-11-6/h6,10H,1-5H2,(H,8,9). The maximum atomic E-state index is 10.6. The van der Waals surface area contributed by atoms with Crippen LogP contribution in [0.1, 0.15) is 25.7 Å². The number of ether oxygens (including phenoxy) is 1. The molecule has 1 rings (SSSR count). The number of carbonyl (C=O) groups is 1. The molecule has 1 aliphatic heterocycles. The summed E-state index contributed by atoms with van der Waals surface area (Å²) in [4.78, 5) is 10.6. The van der Waals surface area contributed by atoms with Crippen molar-refractivity contribution in [3.8, 4) is 0 Å². The van der Waals surface area contributed by atoms with E-state index in [0.717, 1.165) is 19.4 Å². The Kier molecular flexibility index (Phi) is 3.32. The molecule has 1 amide bonds. The van der Waals surface area contributed by atoms with E-state index < -0.39 is 0 Å². The highest BCUT2D eigenvalue weighted by Crippen LogP contribution is 2.16. The topological polar surface area (TPSA) is 58.6 Å². The van der Waals surface area contributed by atoms with E-state index in [1.165, 1.54) is 0 Å². The molecular weight excluding hydrogens is 146 g/mol. The van der Waals surface area contributed by atoms with Gasteiger partial charge in [-0.05, 0) is 19.3 Å². The lowest BCUT2D eigenvalue weighted by molar-refractivity contribution is -0.129. The van der Waals surface area contributed by atoms with Crippen LogP contribution in [0.25, 0.3) is 0 Å². The van der Waals surface area contributed by atoms with Gasteiger partial charge in [0.15, 0.2) is 0 Å². The van der Waals surface area contributed by atoms with Crippen LogP contribution in [-0.4, -0.2) is 23.8 Å². The van der Waals surface area contributed by atoms with Crippen molar-refractivity contribution in [3.63, 3.8) is 0 Å². The maximum Gasteiger partial charge on any atom is 0.243 e. The van der Waals surface area contributed by atoms with E-state index in [2.05, 4.69) is 0 Å². The zero-order chi connectivity index (χ0) is 8.10. The van der Waals surface area contributed by atoms with E-state index >= 15 is 0 Å². The van der Waals surface area contributed by atoms with Gasteiger partial charge in [-0.25, -0.2) is 5.48 Å². The molecule has 0 spiro atoms. The van der Waals surface area contributed by atoms with Crippen molar-refractivity contribution >= 4 is 5.91 Å². The highest BCUT2D eigenvalue weighted by molar-refractivity contribution is 5.74. The molecule has 0 aliphatic carbocycles. The molecule has 4 heteroatoms. The quantitative estimate of drug-likeness (QED) is 0.464. The number of nitrogens with one attached hydrogen (secondary N) is 1. The van der Waals surface area contributed by atoms with Gasteiger partial charge in [0.05, 0.1) is 6.10 Å². The molecule has 0 saturated carbocycles. The molecule has 1 atom stereocenters. The molecule has 1 aliphatic rings. The van der Waals surface area contributed by atoms with Crippen molar-refractivity contribution in [1.29, 1.82) is 0 Å². The molecule has 0 bridgehead atoms. The number of rotatable bonds is 3. The summed E-state index contributed by atoms with van der Waals surface area (Å²) in [6.07, 6.45) is 3.42. The lowest BCUT2D eigenvalue weighted by Crippen LogP contribution is -2.20. The minimum Gasteiger partial charge on any atom is -0.378 e. The third-order valence-corrected chi connectivity index (χ3v) is 1.84. The number of hydrogen-bond donors (Lipinski definition) is 2. The second kappa shape index (κ2) is 4.31. The Bertz CT molecular complexity index is 132. The average molecular weight is 159 g/mol. The zero-order valence-electron chi connectivity index (χ0n) is 6.38. The average Bonchev–Trinajstić information content (AvgIpc) is 2.52. The molecule has 2 N–H and O–H groups in total. The van der Waals surface area contributed by atoms with Gasteiger partial charge in [0.2, 0.25) is 5.91 Å². The van der Waals surface area contributed by atoms with E-state index in [4.69, 9.17) is 9.94 Å². The lowest BCUT2D eigenvalue weighted by atomic mass is 10.1. The number of carbonyl (C=O) groups excluding carboxylic acids is 1. The highest BCUT2D eigenvalue weighted by Gasteiger charge is 2.16. The minimum atomic E-state index is -0.333. The van der Waals surface area contributed by atoms with Gasteiger partial charge >= 0.3 is 0 Å². The first-order valence-corrected chi connectivity index (χ1v) is 3.87. The second-order valence-electron chi connectivity index (χ2n) is 2.71. The maximum absolute atomic E-state index is 10.6. The summed E-state index contributed by atoms with van der Waals surface area (Å²) >= 11 is 0.